The number of hydrogen-bond donors (Lipinski definition) is 2. The van der Waals surface area contributed by atoms with E-state index in [1.807, 2.05) is 0 Å². The Bertz CT molecular complexity index is 886. The molecule has 0 aliphatic rings. The average Bonchev–Trinajstić information content (AvgIpc) is 3.14. The molecule has 0 saturated carbocycles. The van der Waals surface area contributed by atoms with Crippen LogP contribution in [0, 0.1) is 0 Å². The third-order valence-electron chi connectivity index (χ3n) is 9.65. The molecular weight excluding hydrogens is 689 g/mol. The smallest absolute Gasteiger partial charge is 0.462 e. The first-order valence-corrected chi connectivity index (χ1v) is 23.7. The average molecular weight is 774 g/mol. The van der Waals surface area contributed by atoms with Crippen LogP contribution in [-0.2, 0) is 32.7 Å². The van der Waals surface area contributed by atoms with Crippen molar-refractivity contribution < 1.29 is 37.6 Å². The molecule has 0 radical (unpaired) electrons. The van der Waals surface area contributed by atoms with Crippen LogP contribution in [0.15, 0.2) is 12.2 Å². The lowest BCUT2D eigenvalue weighted by Crippen LogP contribution is -2.29. The molecule has 10 heteroatoms. The highest BCUT2D eigenvalue weighted by Gasteiger charge is 2.26. The predicted octanol–water partition coefficient (Wildman–Crippen LogP) is 12.6. The largest absolute Gasteiger partial charge is 0.472 e. The highest BCUT2D eigenvalue weighted by Crippen LogP contribution is 2.43. The fourth-order valence-electron chi connectivity index (χ4n) is 6.34. The molecule has 9 nitrogen and oxygen atoms in total. The van der Waals surface area contributed by atoms with Gasteiger partial charge in [-0.15, -0.1) is 0 Å². The molecular formula is C43H84NO8P. The van der Waals surface area contributed by atoms with E-state index in [4.69, 9.17) is 24.3 Å². The summed E-state index contributed by atoms with van der Waals surface area (Å²) in [6.45, 7) is 3.73. The summed E-state index contributed by atoms with van der Waals surface area (Å²) in [7, 11) is -4.37. The number of unbranched alkanes of at least 4 members (excludes halogenated alkanes) is 27. The Labute approximate surface area is 326 Å². The molecule has 0 amide bonds. The van der Waals surface area contributed by atoms with Crippen molar-refractivity contribution in [2.45, 2.75) is 225 Å². The van der Waals surface area contributed by atoms with E-state index in [0.717, 1.165) is 51.4 Å². The second kappa shape index (κ2) is 40.4. The van der Waals surface area contributed by atoms with E-state index >= 15 is 0 Å². The summed E-state index contributed by atoms with van der Waals surface area (Å²) in [5, 5.41) is 0. The van der Waals surface area contributed by atoms with Crippen molar-refractivity contribution >= 4 is 19.8 Å². The van der Waals surface area contributed by atoms with E-state index in [2.05, 4.69) is 26.0 Å². The lowest BCUT2D eigenvalue weighted by molar-refractivity contribution is -0.161. The van der Waals surface area contributed by atoms with Crippen molar-refractivity contribution in [2.75, 3.05) is 26.4 Å². The zero-order valence-corrected chi connectivity index (χ0v) is 35.4. The number of hydrogen-bond acceptors (Lipinski definition) is 8. The summed E-state index contributed by atoms with van der Waals surface area (Å²) in [5.41, 5.74) is 5.34. The molecule has 0 rings (SSSR count). The predicted molar refractivity (Wildman–Crippen MR) is 220 cm³/mol. The van der Waals surface area contributed by atoms with E-state index in [9.17, 15) is 19.0 Å². The summed E-state index contributed by atoms with van der Waals surface area (Å²) in [4.78, 5) is 34.8. The van der Waals surface area contributed by atoms with Crippen LogP contribution in [0.5, 0.6) is 0 Å². The zero-order chi connectivity index (χ0) is 38.9. The first-order chi connectivity index (χ1) is 25.8. The summed E-state index contributed by atoms with van der Waals surface area (Å²) >= 11 is 0. The zero-order valence-electron chi connectivity index (χ0n) is 34.5. The number of carbonyl (C=O) groups excluding carboxylic acids is 2. The summed E-state index contributed by atoms with van der Waals surface area (Å²) in [6, 6.07) is 0. The van der Waals surface area contributed by atoms with E-state index in [1.54, 1.807) is 0 Å². The van der Waals surface area contributed by atoms with Crippen molar-refractivity contribution in [3.63, 3.8) is 0 Å². The second-order valence-electron chi connectivity index (χ2n) is 14.9. The lowest BCUT2D eigenvalue weighted by atomic mass is 10.0. The molecule has 3 N–H and O–H groups in total. The minimum Gasteiger partial charge on any atom is -0.462 e. The minimum absolute atomic E-state index is 0.0551. The Hall–Kier alpha value is -1.25. The van der Waals surface area contributed by atoms with E-state index in [1.165, 1.54) is 135 Å². The molecule has 1 unspecified atom stereocenters. The minimum atomic E-state index is -4.37. The van der Waals surface area contributed by atoms with Gasteiger partial charge in [-0.1, -0.05) is 180 Å². The Morgan fingerprint density at radius 2 is 0.925 bits per heavy atom. The van der Waals surface area contributed by atoms with Gasteiger partial charge in [0.25, 0.3) is 0 Å². The Morgan fingerprint density at radius 1 is 0.547 bits per heavy atom. The monoisotopic (exact) mass is 774 g/mol. The maximum absolute atomic E-state index is 12.6. The van der Waals surface area contributed by atoms with Gasteiger partial charge in [-0.25, -0.2) is 4.57 Å². The first-order valence-electron chi connectivity index (χ1n) is 22.2. The Kier molecular flexibility index (Phi) is 39.5. The molecule has 0 aromatic rings. The number of ether oxygens (including phenoxy) is 2. The molecule has 0 fully saturated rings. The van der Waals surface area contributed by atoms with Gasteiger partial charge in [0.05, 0.1) is 13.2 Å². The molecule has 0 aliphatic carbocycles. The molecule has 0 aliphatic heterocycles. The molecule has 53 heavy (non-hydrogen) atoms. The van der Waals surface area contributed by atoms with Gasteiger partial charge in [0.1, 0.15) is 6.61 Å². The van der Waals surface area contributed by atoms with E-state index < -0.39 is 26.5 Å². The highest BCUT2D eigenvalue weighted by atomic mass is 31.2. The lowest BCUT2D eigenvalue weighted by Gasteiger charge is -2.19. The number of rotatable bonds is 42. The second-order valence-corrected chi connectivity index (χ2v) is 16.4. The topological polar surface area (TPSA) is 134 Å². The highest BCUT2D eigenvalue weighted by molar-refractivity contribution is 7.47. The number of phosphoric acid groups is 1. The van der Waals surface area contributed by atoms with Crippen molar-refractivity contribution in [3.8, 4) is 0 Å². The van der Waals surface area contributed by atoms with Crippen LogP contribution < -0.4 is 5.73 Å². The van der Waals surface area contributed by atoms with Gasteiger partial charge in [-0.3, -0.25) is 18.6 Å². The molecule has 0 heterocycles. The number of phosphoric ester groups is 1. The van der Waals surface area contributed by atoms with Crippen molar-refractivity contribution in [1.29, 1.82) is 0 Å². The van der Waals surface area contributed by atoms with Gasteiger partial charge in [0, 0.05) is 19.4 Å². The van der Waals surface area contributed by atoms with E-state index in [-0.39, 0.29) is 38.6 Å². The van der Waals surface area contributed by atoms with Crippen LogP contribution in [0.2, 0.25) is 0 Å². The van der Waals surface area contributed by atoms with Crippen molar-refractivity contribution in [1.82, 2.24) is 0 Å². The normalized spacial score (nSPS) is 13.4. The van der Waals surface area contributed by atoms with E-state index in [0.29, 0.717) is 6.42 Å². The fraction of sp³-hybridized carbons (Fsp3) is 0.907. The number of esters is 2. The molecule has 0 bridgehead atoms. The Morgan fingerprint density at radius 3 is 1.38 bits per heavy atom. The van der Waals surface area contributed by atoms with Gasteiger partial charge in [-0.2, -0.15) is 0 Å². The quantitative estimate of drug-likeness (QED) is 0.0269. The number of allylic oxidation sites excluding steroid dienone is 2. The van der Waals surface area contributed by atoms with Crippen molar-refractivity contribution in [3.05, 3.63) is 12.2 Å². The third kappa shape index (κ3) is 40.2. The standard InChI is InChI=1S/C43H84NO8P/c1-3-5-7-9-11-13-15-17-18-19-20-21-22-23-24-26-28-30-32-34-36-43(46)52-41(40-51-53(47,48)50-38-37-44)39-49-42(45)35-33-31-29-27-25-16-14-12-10-8-6-4-2/h12,14,41H,3-11,13,15-40,44H2,1-2H3,(H,47,48)/b14-12+/t41-/m1/s1. The van der Waals surface area contributed by atoms with Gasteiger partial charge in [-0.05, 0) is 38.5 Å². The fourth-order valence-corrected chi connectivity index (χ4v) is 7.10. The van der Waals surface area contributed by atoms with Crippen LogP contribution in [0.25, 0.3) is 0 Å². The molecule has 0 spiro atoms. The van der Waals surface area contributed by atoms with Crippen LogP contribution in [0.1, 0.15) is 219 Å². The van der Waals surface area contributed by atoms with Gasteiger partial charge in [0.15, 0.2) is 6.10 Å². The molecule has 2 atom stereocenters. The SMILES string of the molecule is CCCCC/C=C/CCCCCCCC(=O)OC[C@H](COP(=O)(O)OCCN)OC(=O)CCCCCCCCCCCCCCCCCCCCCC. The summed E-state index contributed by atoms with van der Waals surface area (Å²) in [5.74, 6) is -0.829. The number of nitrogens with two attached hydrogens (primary N) is 1. The van der Waals surface area contributed by atoms with Gasteiger partial charge in [0.2, 0.25) is 0 Å². The first kappa shape index (κ1) is 51.8. The molecule has 0 aromatic carbocycles. The summed E-state index contributed by atoms with van der Waals surface area (Å²) < 4.78 is 32.8. The maximum Gasteiger partial charge on any atom is 0.472 e. The molecule has 0 aromatic heterocycles. The van der Waals surface area contributed by atoms with Crippen LogP contribution in [0.4, 0.5) is 0 Å². The Balaban J connectivity index is 4.06. The molecule has 314 valence electrons. The maximum atomic E-state index is 12.6. The van der Waals surface area contributed by atoms with Crippen LogP contribution >= 0.6 is 7.82 Å². The summed E-state index contributed by atoms with van der Waals surface area (Å²) in [6.07, 6.45) is 41.0. The molecule has 0 saturated heterocycles. The van der Waals surface area contributed by atoms with Gasteiger partial charge < -0.3 is 20.1 Å². The number of carbonyl (C=O) groups is 2. The van der Waals surface area contributed by atoms with Gasteiger partial charge >= 0.3 is 19.8 Å². The van der Waals surface area contributed by atoms with Crippen LogP contribution in [-0.4, -0.2) is 49.3 Å². The van der Waals surface area contributed by atoms with Crippen LogP contribution in [0.3, 0.4) is 0 Å². The third-order valence-corrected chi connectivity index (χ3v) is 10.6. The van der Waals surface area contributed by atoms with Crippen molar-refractivity contribution in [2.24, 2.45) is 5.73 Å².